The number of carbonyl (C=O) groups is 3. The Kier molecular flexibility index (Phi) is 8.59. The first-order chi connectivity index (χ1) is 15.6. The molecule has 1 unspecified atom stereocenters. The number of hydrogen-bond donors (Lipinski definition) is 2. The molecule has 0 spiro atoms. The van der Waals surface area contributed by atoms with Gasteiger partial charge in [0.05, 0.1) is 6.04 Å². The third-order valence-corrected chi connectivity index (χ3v) is 4.82. The molecule has 2 rings (SSSR count). The van der Waals surface area contributed by atoms with E-state index in [-0.39, 0.29) is 24.5 Å². The zero-order valence-electron chi connectivity index (χ0n) is 21.0. The van der Waals surface area contributed by atoms with E-state index >= 15 is 0 Å². The van der Waals surface area contributed by atoms with Gasteiger partial charge in [-0.3, -0.25) is 9.59 Å². The summed E-state index contributed by atoms with van der Waals surface area (Å²) < 4.78 is 19.6. The lowest BCUT2D eigenvalue weighted by atomic mass is 9.93. The topological polar surface area (TPSA) is 84.5 Å². The van der Waals surface area contributed by atoms with Gasteiger partial charge in [0, 0.05) is 23.9 Å². The number of Topliss-reactive ketones (excluding diaryl/α,β-unsaturated/α-hetero) is 1. The van der Waals surface area contributed by atoms with Crippen LogP contribution in [0.1, 0.15) is 68.6 Å². The fourth-order valence-electron chi connectivity index (χ4n) is 3.35. The molecule has 0 aliphatic carbocycles. The Labute approximate surface area is 201 Å². The van der Waals surface area contributed by atoms with Gasteiger partial charge < -0.3 is 15.4 Å². The summed E-state index contributed by atoms with van der Waals surface area (Å²) >= 11 is 0. The van der Waals surface area contributed by atoms with Crippen LogP contribution in [0.2, 0.25) is 0 Å². The molecule has 2 aromatic rings. The molecule has 0 aliphatic rings. The van der Waals surface area contributed by atoms with Crippen LogP contribution in [0.25, 0.3) is 0 Å². The maximum Gasteiger partial charge on any atom is 0.408 e. The normalized spacial score (nSPS) is 12.6. The lowest BCUT2D eigenvalue weighted by Gasteiger charge is -2.24. The minimum absolute atomic E-state index is 0.0415. The molecule has 0 heterocycles. The third-order valence-electron chi connectivity index (χ3n) is 4.82. The molecule has 2 aromatic carbocycles. The van der Waals surface area contributed by atoms with Crippen molar-refractivity contribution in [1.29, 1.82) is 0 Å². The SMILES string of the molecule is Cc1ccc(CC(=O)C(Cc2ccccc2F)NC(=O)OC(C)(C)C)c(C(=O)NC(C)(C)C)c1. The summed E-state index contributed by atoms with van der Waals surface area (Å²) in [6.07, 6.45) is -0.917. The average Bonchev–Trinajstić information content (AvgIpc) is 2.67. The van der Waals surface area contributed by atoms with E-state index in [0.717, 1.165) is 5.56 Å². The molecule has 34 heavy (non-hydrogen) atoms. The van der Waals surface area contributed by atoms with Crippen molar-refractivity contribution in [2.24, 2.45) is 0 Å². The Hall–Kier alpha value is -3.22. The number of rotatable bonds is 7. The van der Waals surface area contributed by atoms with Crippen molar-refractivity contribution in [3.8, 4) is 0 Å². The molecule has 2 amide bonds. The van der Waals surface area contributed by atoms with Crippen molar-refractivity contribution < 1.29 is 23.5 Å². The van der Waals surface area contributed by atoms with Gasteiger partial charge in [-0.2, -0.15) is 0 Å². The summed E-state index contributed by atoms with van der Waals surface area (Å²) in [5.41, 5.74) is 0.891. The van der Waals surface area contributed by atoms with Gasteiger partial charge in [0.2, 0.25) is 0 Å². The van der Waals surface area contributed by atoms with E-state index < -0.39 is 29.1 Å². The predicted molar refractivity (Wildman–Crippen MR) is 130 cm³/mol. The average molecular weight is 471 g/mol. The quantitative estimate of drug-likeness (QED) is 0.602. The van der Waals surface area contributed by atoms with E-state index in [1.54, 1.807) is 51.1 Å². The molecule has 1 atom stereocenters. The molecule has 184 valence electrons. The van der Waals surface area contributed by atoms with Crippen LogP contribution < -0.4 is 10.6 Å². The minimum Gasteiger partial charge on any atom is -0.444 e. The van der Waals surface area contributed by atoms with Crippen LogP contribution in [-0.4, -0.2) is 35.0 Å². The fraction of sp³-hybridized carbons (Fsp3) is 0.444. The lowest BCUT2D eigenvalue weighted by molar-refractivity contribution is -0.120. The number of carbonyl (C=O) groups excluding carboxylic acids is 3. The number of aryl methyl sites for hydroxylation is 1. The molecular formula is C27H35FN2O4. The summed E-state index contributed by atoms with van der Waals surface area (Å²) in [5, 5.41) is 5.51. The molecule has 0 saturated carbocycles. The second-order valence-corrected chi connectivity index (χ2v) is 10.5. The van der Waals surface area contributed by atoms with Gasteiger partial charge in [-0.05, 0) is 71.7 Å². The summed E-state index contributed by atoms with van der Waals surface area (Å²) in [6.45, 7) is 12.6. The monoisotopic (exact) mass is 470 g/mol. The zero-order chi connectivity index (χ0) is 25.7. The van der Waals surface area contributed by atoms with Gasteiger partial charge in [0.15, 0.2) is 5.78 Å². The van der Waals surface area contributed by atoms with Crippen LogP contribution >= 0.6 is 0 Å². The van der Waals surface area contributed by atoms with E-state index in [1.807, 2.05) is 33.8 Å². The van der Waals surface area contributed by atoms with Gasteiger partial charge in [0.1, 0.15) is 11.4 Å². The van der Waals surface area contributed by atoms with Crippen LogP contribution in [0.5, 0.6) is 0 Å². The number of halogens is 1. The van der Waals surface area contributed by atoms with Crippen LogP contribution in [0.4, 0.5) is 9.18 Å². The van der Waals surface area contributed by atoms with Crippen LogP contribution in [0.3, 0.4) is 0 Å². The first kappa shape index (κ1) is 27.0. The van der Waals surface area contributed by atoms with Crippen molar-refractivity contribution in [3.05, 3.63) is 70.5 Å². The van der Waals surface area contributed by atoms with E-state index in [0.29, 0.717) is 16.7 Å². The number of amides is 2. The van der Waals surface area contributed by atoms with Crippen molar-refractivity contribution in [2.45, 2.75) is 78.5 Å². The van der Waals surface area contributed by atoms with Gasteiger partial charge in [0.25, 0.3) is 5.91 Å². The van der Waals surface area contributed by atoms with Crippen molar-refractivity contribution >= 4 is 17.8 Å². The number of hydrogen-bond acceptors (Lipinski definition) is 4. The smallest absolute Gasteiger partial charge is 0.408 e. The van der Waals surface area contributed by atoms with Crippen LogP contribution in [0, 0.1) is 12.7 Å². The maximum atomic E-state index is 14.3. The highest BCUT2D eigenvalue weighted by molar-refractivity contribution is 5.98. The Morgan fingerprint density at radius 2 is 1.62 bits per heavy atom. The highest BCUT2D eigenvalue weighted by atomic mass is 19.1. The highest BCUT2D eigenvalue weighted by Crippen LogP contribution is 2.18. The molecule has 0 radical (unpaired) electrons. The number of benzene rings is 2. The number of alkyl carbamates (subject to hydrolysis) is 1. The van der Waals surface area contributed by atoms with E-state index in [4.69, 9.17) is 4.74 Å². The number of nitrogens with one attached hydrogen (secondary N) is 2. The third kappa shape index (κ3) is 8.61. The Bertz CT molecular complexity index is 1050. The van der Waals surface area contributed by atoms with Crippen LogP contribution in [-0.2, 0) is 22.4 Å². The molecular weight excluding hydrogens is 435 g/mol. The molecule has 0 aliphatic heterocycles. The number of ether oxygens (including phenoxy) is 1. The van der Waals surface area contributed by atoms with Gasteiger partial charge in [-0.1, -0.05) is 35.9 Å². The van der Waals surface area contributed by atoms with Gasteiger partial charge >= 0.3 is 6.09 Å². The Morgan fingerprint density at radius 3 is 2.21 bits per heavy atom. The van der Waals surface area contributed by atoms with Crippen molar-refractivity contribution in [3.63, 3.8) is 0 Å². The second kappa shape index (κ2) is 10.8. The maximum absolute atomic E-state index is 14.3. The van der Waals surface area contributed by atoms with Crippen LogP contribution in [0.15, 0.2) is 42.5 Å². The summed E-state index contributed by atoms with van der Waals surface area (Å²) in [6, 6.07) is 10.4. The van der Waals surface area contributed by atoms with Crippen molar-refractivity contribution in [1.82, 2.24) is 10.6 Å². The molecule has 0 bridgehead atoms. The van der Waals surface area contributed by atoms with Crippen molar-refractivity contribution in [2.75, 3.05) is 0 Å². The minimum atomic E-state index is -1.04. The van der Waals surface area contributed by atoms with Gasteiger partial charge in [-0.15, -0.1) is 0 Å². The van der Waals surface area contributed by atoms with E-state index in [1.165, 1.54) is 6.07 Å². The van der Waals surface area contributed by atoms with Gasteiger partial charge in [-0.25, -0.2) is 9.18 Å². The highest BCUT2D eigenvalue weighted by Gasteiger charge is 2.27. The first-order valence-corrected chi connectivity index (χ1v) is 11.3. The van der Waals surface area contributed by atoms with E-state index in [9.17, 15) is 18.8 Å². The Balaban J connectivity index is 2.33. The molecule has 0 fully saturated rings. The standard InChI is InChI=1S/C27H35FN2O4/c1-17-12-13-18(20(14-17)24(32)30-26(2,3)4)16-23(31)22(29-25(33)34-27(5,6)7)15-19-10-8-9-11-21(19)28/h8-14,22H,15-16H2,1-7H3,(H,29,33)(H,30,32). The summed E-state index contributed by atoms with van der Waals surface area (Å²) in [7, 11) is 0. The lowest BCUT2D eigenvalue weighted by Crippen LogP contribution is -2.45. The zero-order valence-corrected chi connectivity index (χ0v) is 21.0. The largest absolute Gasteiger partial charge is 0.444 e. The second-order valence-electron chi connectivity index (χ2n) is 10.5. The molecule has 0 aromatic heterocycles. The number of ketones is 1. The molecule has 2 N–H and O–H groups in total. The van der Waals surface area contributed by atoms with E-state index in [2.05, 4.69) is 10.6 Å². The summed E-state index contributed by atoms with van der Waals surface area (Å²) in [5.74, 6) is -1.11. The Morgan fingerprint density at radius 1 is 0.971 bits per heavy atom. The first-order valence-electron chi connectivity index (χ1n) is 11.3. The molecule has 0 saturated heterocycles. The fourth-order valence-corrected chi connectivity index (χ4v) is 3.35. The predicted octanol–water partition coefficient (Wildman–Crippen LogP) is 4.91. The summed E-state index contributed by atoms with van der Waals surface area (Å²) in [4.78, 5) is 38.7. The molecule has 7 heteroatoms. The molecule has 6 nitrogen and oxygen atoms in total.